The Balaban J connectivity index is 1.40. The summed E-state index contributed by atoms with van der Waals surface area (Å²) in [7, 11) is 0. The van der Waals surface area contributed by atoms with E-state index >= 15 is 0 Å². The lowest BCUT2D eigenvalue weighted by atomic mass is 10.0. The van der Waals surface area contributed by atoms with E-state index in [0.717, 1.165) is 30.9 Å². The topological polar surface area (TPSA) is 84.8 Å². The van der Waals surface area contributed by atoms with Gasteiger partial charge in [0.2, 0.25) is 5.91 Å². The largest absolute Gasteiger partial charge is 0.463 e. The number of rotatable bonds is 7. The van der Waals surface area contributed by atoms with E-state index in [2.05, 4.69) is 22.2 Å². The van der Waals surface area contributed by atoms with Gasteiger partial charge in [0.1, 0.15) is 17.9 Å². The highest BCUT2D eigenvalue weighted by atomic mass is 16.3. The van der Waals surface area contributed by atoms with Crippen LogP contribution in [-0.4, -0.2) is 50.7 Å². The third kappa shape index (κ3) is 3.94. The Morgan fingerprint density at radius 1 is 1.34 bits per heavy atom. The van der Waals surface area contributed by atoms with Crippen molar-refractivity contribution in [1.82, 2.24) is 24.4 Å². The summed E-state index contributed by atoms with van der Waals surface area (Å²) in [5.74, 6) is 0.538. The molecule has 1 saturated heterocycles. The first-order valence-electron chi connectivity index (χ1n) is 10.6. The smallest absolute Gasteiger partial charge is 0.291 e. The summed E-state index contributed by atoms with van der Waals surface area (Å²) in [5, 5.41) is 7.36. The van der Waals surface area contributed by atoms with E-state index in [1.54, 1.807) is 12.3 Å². The number of likely N-dealkylation sites (tertiary alicyclic amines) is 1. The number of fused-ring (bicyclic) bond motifs is 3. The first kappa shape index (κ1) is 19.7. The van der Waals surface area contributed by atoms with Gasteiger partial charge in [-0.15, -0.1) is 0 Å². The second-order valence-electron chi connectivity index (χ2n) is 7.85. The Kier molecular flexibility index (Phi) is 5.71. The normalized spacial score (nSPS) is 17.9. The van der Waals surface area contributed by atoms with Gasteiger partial charge in [0, 0.05) is 37.7 Å². The first-order chi connectivity index (χ1) is 14.1. The van der Waals surface area contributed by atoms with E-state index in [1.165, 1.54) is 23.9 Å². The maximum Gasteiger partial charge on any atom is 0.291 e. The van der Waals surface area contributed by atoms with Crippen molar-refractivity contribution in [1.29, 1.82) is 0 Å². The lowest BCUT2D eigenvalue weighted by molar-refractivity contribution is -0.121. The van der Waals surface area contributed by atoms with Gasteiger partial charge in [-0.25, -0.2) is 4.68 Å². The third-order valence-corrected chi connectivity index (χ3v) is 5.87. The van der Waals surface area contributed by atoms with Crippen molar-refractivity contribution < 1.29 is 9.21 Å². The van der Waals surface area contributed by atoms with Crippen molar-refractivity contribution in [2.24, 2.45) is 0 Å². The number of aryl methyl sites for hydroxylation is 1. The number of amides is 1. The summed E-state index contributed by atoms with van der Waals surface area (Å²) in [4.78, 5) is 27.7. The maximum atomic E-state index is 12.8. The summed E-state index contributed by atoms with van der Waals surface area (Å²) in [5.41, 5.74) is 1.67. The number of furan rings is 1. The molecular formula is C21H29N5O3. The monoisotopic (exact) mass is 399 g/mol. The Bertz CT molecular complexity index is 1060. The molecule has 8 nitrogen and oxygen atoms in total. The van der Waals surface area contributed by atoms with Crippen LogP contribution >= 0.6 is 0 Å². The first-order valence-corrected chi connectivity index (χ1v) is 10.6. The number of aromatic nitrogens is 3. The molecule has 4 rings (SSSR count). The van der Waals surface area contributed by atoms with Gasteiger partial charge in [-0.3, -0.25) is 14.0 Å². The summed E-state index contributed by atoms with van der Waals surface area (Å²) in [6.45, 7) is 6.93. The van der Waals surface area contributed by atoms with Gasteiger partial charge in [-0.1, -0.05) is 13.3 Å². The molecule has 1 aliphatic heterocycles. The van der Waals surface area contributed by atoms with Crippen LogP contribution in [0.25, 0.3) is 16.6 Å². The van der Waals surface area contributed by atoms with Crippen LogP contribution in [0.2, 0.25) is 0 Å². The summed E-state index contributed by atoms with van der Waals surface area (Å²) in [6, 6.07) is 4.17. The van der Waals surface area contributed by atoms with Crippen molar-refractivity contribution in [3.63, 3.8) is 0 Å². The molecule has 156 valence electrons. The van der Waals surface area contributed by atoms with E-state index < -0.39 is 0 Å². The Morgan fingerprint density at radius 2 is 2.21 bits per heavy atom. The molecule has 1 atom stereocenters. The van der Waals surface area contributed by atoms with Crippen LogP contribution in [0.4, 0.5) is 0 Å². The van der Waals surface area contributed by atoms with Crippen LogP contribution in [-0.2, 0) is 17.8 Å². The van der Waals surface area contributed by atoms with Crippen molar-refractivity contribution in [3.05, 3.63) is 34.6 Å². The van der Waals surface area contributed by atoms with Crippen molar-refractivity contribution in [3.8, 4) is 0 Å². The molecule has 3 aromatic rings. The van der Waals surface area contributed by atoms with Gasteiger partial charge >= 0.3 is 0 Å². The van der Waals surface area contributed by atoms with Gasteiger partial charge in [-0.2, -0.15) is 5.10 Å². The number of carbonyl (C=O) groups excluding carboxylic acids is 1. The van der Waals surface area contributed by atoms with Crippen LogP contribution in [0.1, 0.15) is 45.4 Å². The molecule has 0 aliphatic carbocycles. The molecule has 4 heterocycles. The average Bonchev–Trinajstić information content (AvgIpc) is 3.30. The predicted molar refractivity (Wildman–Crippen MR) is 111 cm³/mol. The molecule has 8 heteroatoms. The number of nitrogens with one attached hydrogen (secondary N) is 1. The Morgan fingerprint density at radius 3 is 3.00 bits per heavy atom. The SMILES string of the molecule is CCc1nn(CC(=O)NCCCN2CCCC[C@H]2C)c(=O)c2cc3occc3n12. The van der Waals surface area contributed by atoms with E-state index in [1.807, 2.05) is 17.4 Å². The standard InChI is InChI=1S/C21H29N5O3/c1-3-19-23-25(21(28)17-13-18-16(26(17)19)8-12-29-18)14-20(27)22-9-6-11-24-10-5-4-7-15(24)2/h8,12-13,15H,3-7,9-11,14H2,1-2H3,(H,22,27)/t15-/m1/s1. The molecule has 0 unspecified atom stereocenters. The quantitative estimate of drug-likeness (QED) is 0.616. The minimum Gasteiger partial charge on any atom is -0.463 e. The molecular weight excluding hydrogens is 370 g/mol. The zero-order valence-corrected chi connectivity index (χ0v) is 17.2. The Hall–Kier alpha value is -2.61. The predicted octanol–water partition coefficient (Wildman–Crippen LogP) is 2.19. The lowest BCUT2D eigenvalue weighted by Gasteiger charge is -2.33. The van der Waals surface area contributed by atoms with Crippen molar-refractivity contribution in [2.45, 2.75) is 58.5 Å². The van der Waals surface area contributed by atoms with Crippen LogP contribution in [0.5, 0.6) is 0 Å². The fourth-order valence-electron chi connectivity index (χ4n) is 4.25. The fraction of sp³-hybridized carbons (Fsp3) is 0.571. The molecule has 0 saturated carbocycles. The minimum atomic E-state index is -0.286. The molecule has 1 aliphatic rings. The molecule has 29 heavy (non-hydrogen) atoms. The van der Waals surface area contributed by atoms with Gasteiger partial charge < -0.3 is 14.6 Å². The lowest BCUT2D eigenvalue weighted by Crippen LogP contribution is -2.40. The molecule has 3 aromatic heterocycles. The van der Waals surface area contributed by atoms with Gasteiger partial charge in [-0.05, 0) is 32.7 Å². The molecule has 1 amide bonds. The highest BCUT2D eigenvalue weighted by molar-refractivity contribution is 5.82. The van der Waals surface area contributed by atoms with Crippen LogP contribution in [0.15, 0.2) is 27.6 Å². The molecule has 1 N–H and O–H groups in total. The zero-order chi connectivity index (χ0) is 20.4. The van der Waals surface area contributed by atoms with Crippen molar-refractivity contribution in [2.75, 3.05) is 19.6 Å². The van der Waals surface area contributed by atoms with Crippen LogP contribution < -0.4 is 10.9 Å². The highest BCUT2D eigenvalue weighted by Gasteiger charge is 2.18. The molecule has 0 aromatic carbocycles. The second-order valence-corrected chi connectivity index (χ2v) is 7.85. The minimum absolute atomic E-state index is 0.0744. The fourth-order valence-corrected chi connectivity index (χ4v) is 4.25. The third-order valence-electron chi connectivity index (χ3n) is 5.87. The van der Waals surface area contributed by atoms with E-state index in [4.69, 9.17) is 4.42 Å². The zero-order valence-electron chi connectivity index (χ0n) is 17.2. The Labute approximate surface area is 169 Å². The van der Waals surface area contributed by atoms with E-state index in [9.17, 15) is 9.59 Å². The average molecular weight is 399 g/mol. The number of hydrogen-bond donors (Lipinski definition) is 1. The summed E-state index contributed by atoms with van der Waals surface area (Å²) < 4.78 is 8.50. The number of carbonyl (C=O) groups is 1. The summed E-state index contributed by atoms with van der Waals surface area (Å²) in [6.07, 6.45) is 6.98. The number of nitrogens with zero attached hydrogens (tertiary/aromatic N) is 4. The molecule has 0 bridgehead atoms. The number of piperidine rings is 1. The second kappa shape index (κ2) is 8.41. The number of hydrogen-bond acceptors (Lipinski definition) is 5. The maximum absolute atomic E-state index is 12.8. The van der Waals surface area contributed by atoms with Gasteiger partial charge in [0.25, 0.3) is 5.56 Å². The van der Waals surface area contributed by atoms with Gasteiger partial charge in [0.05, 0.1) is 11.8 Å². The van der Waals surface area contributed by atoms with Crippen molar-refractivity contribution >= 4 is 22.5 Å². The molecule has 0 radical (unpaired) electrons. The van der Waals surface area contributed by atoms with Crippen LogP contribution in [0.3, 0.4) is 0 Å². The van der Waals surface area contributed by atoms with Gasteiger partial charge in [0.15, 0.2) is 5.58 Å². The summed E-state index contributed by atoms with van der Waals surface area (Å²) >= 11 is 0. The van der Waals surface area contributed by atoms with Crippen LogP contribution in [0, 0.1) is 0 Å². The van der Waals surface area contributed by atoms with E-state index in [0.29, 0.717) is 30.1 Å². The van der Waals surface area contributed by atoms with E-state index in [-0.39, 0.29) is 18.0 Å². The molecule has 1 fully saturated rings. The molecule has 0 spiro atoms. The highest BCUT2D eigenvalue weighted by Crippen LogP contribution is 2.20.